The number of likely N-dealkylation sites (tertiary alicyclic amines) is 1. The molecule has 0 bridgehead atoms. The number of aryl methyl sites for hydroxylation is 1. The summed E-state index contributed by atoms with van der Waals surface area (Å²) in [5.74, 6) is -1.26. The predicted molar refractivity (Wildman–Crippen MR) is 94.4 cm³/mol. The van der Waals surface area contributed by atoms with Crippen molar-refractivity contribution in [2.75, 3.05) is 37.6 Å². The van der Waals surface area contributed by atoms with Crippen LogP contribution in [0.25, 0.3) is 0 Å². The van der Waals surface area contributed by atoms with E-state index in [1.54, 1.807) is 4.90 Å². The van der Waals surface area contributed by atoms with Crippen molar-refractivity contribution < 1.29 is 14.7 Å². The van der Waals surface area contributed by atoms with Crippen LogP contribution in [0.15, 0.2) is 24.3 Å². The van der Waals surface area contributed by atoms with Crippen LogP contribution in [0.3, 0.4) is 0 Å². The van der Waals surface area contributed by atoms with Crippen LogP contribution < -0.4 is 10.2 Å². The summed E-state index contributed by atoms with van der Waals surface area (Å²) in [5.41, 5.74) is 2.36. The molecule has 6 nitrogen and oxygen atoms in total. The van der Waals surface area contributed by atoms with Crippen LogP contribution in [-0.2, 0) is 4.79 Å². The van der Waals surface area contributed by atoms with Gasteiger partial charge in [0.2, 0.25) is 0 Å². The Labute approximate surface area is 143 Å². The van der Waals surface area contributed by atoms with Crippen molar-refractivity contribution in [1.29, 1.82) is 0 Å². The van der Waals surface area contributed by atoms with E-state index in [4.69, 9.17) is 5.11 Å². The maximum Gasteiger partial charge on any atom is 0.317 e. The van der Waals surface area contributed by atoms with Crippen molar-refractivity contribution in [3.63, 3.8) is 0 Å². The minimum absolute atomic E-state index is 0.166. The summed E-state index contributed by atoms with van der Waals surface area (Å²) in [6.07, 6.45) is 1.39. The Morgan fingerprint density at radius 3 is 2.88 bits per heavy atom. The number of hydrogen-bond acceptors (Lipinski definition) is 3. The number of urea groups is 1. The average molecular weight is 333 g/mol. The van der Waals surface area contributed by atoms with Gasteiger partial charge in [0, 0.05) is 38.4 Å². The van der Waals surface area contributed by atoms with Crippen molar-refractivity contribution >= 4 is 17.7 Å². The van der Waals surface area contributed by atoms with Gasteiger partial charge in [0.15, 0.2) is 0 Å². The van der Waals surface area contributed by atoms with Crippen LogP contribution in [0, 0.1) is 12.8 Å². The first kappa shape index (κ1) is 18.1. The topological polar surface area (TPSA) is 72.9 Å². The van der Waals surface area contributed by atoms with Crippen molar-refractivity contribution in [3.05, 3.63) is 29.8 Å². The standard InChI is InChI=1S/C18H27N3O3/c1-3-20(16-8-4-6-14(2)12-16)11-9-19-18(24)21-10-5-7-15(13-21)17(22)23/h4,6,8,12,15H,3,5,7,9-11,13H2,1-2H3,(H,19,24)(H,22,23). The number of carboxylic acid groups (broad SMARTS) is 1. The Balaban J connectivity index is 1.82. The number of benzene rings is 1. The van der Waals surface area contributed by atoms with E-state index in [1.165, 1.54) is 5.56 Å². The maximum atomic E-state index is 12.2. The second-order valence-corrected chi connectivity index (χ2v) is 6.27. The van der Waals surface area contributed by atoms with Crippen LogP contribution in [-0.4, -0.2) is 54.7 Å². The summed E-state index contributed by atoms with van der Waals surface area (Å²) < 4.78 is 0. The molecule has 0 saturated carbocycles. The van der Waals surface area contributed by atoms with Gasteiger partial charge < -0.3 is 20.2 Å². The van der Waals surface area contributed by atoms with E-state index in [0.29, 0.717) is 26.1 Å². The highest BCUT2D eigenvalue weighted by Gasteiger charge is 2.27. The molecule has 24 heavy (non-hydrogen) atoms. The number of piperidine rings is 1. The third-order valence-electron chi connectivity index (χ3n) is 4.46. The van der Waals surface area contributed by atoms with Crippen LogP contribution in [0.4, 0.5) is 10.5 Å². The average Bonchev–Trinajstić information content (AvgIpc) is 2.58. The number of carbonyl (C=O) groups excluding carboxylic acids is 1. The Bertz CT molecular complexity index is 576. The molecule has 2 amide bonds. The second kappa shape index (κ2) is 8.57. The highest BCUT2D eigenvalue weighted by atomic mass is 16.4. The van der Waals surface area contributed by atoms with Gasteiger partial charge in [-0.25, -0.2) is 4.79 Å². The van der Waals surface area contributed by atoms with E-state index in [9.17, 15) is 9.59 Å². The number of anilines is 1. The molecule has 1 heterocycles. The molecule has 1 unspecified atom stereocenters. The summed E-state index contributed by atoms with van der Waals surface area (Å²) in [5, 5.41) is 12.0. The van der Waals surface area contributed by atoms with E-state index >= 15 is 0 Å². The van der Waals surface area contributed by atoms with E-state index in [0.717, 1.165) is 25.2 Å². The van der Waals surface area contributed by atoms with Crippen molar-refractivity contribution in [1.82, 2.24) is 10.2 Å². The largest absolute Gasteiger partial charge is 0.481 e. The quantitative estimate of drug-likeness (QED) is 0.838. The van der Waals surface area contributed by atoms with Crippen molar-refractivity contribution in [2.45, 2.75) is 26.7 Å². The third kappa shape index (κ3) is 4.88. The van der Waals surface area contributed by atoms with Crippen molar-refractivity contribution in [3.8, 4) is 0 Å². The lowest BCUT2D eigenvalue weighted by atomic mass is 9.99. The summed E-state index contributed by atoms with van der Waals surface area (Å²) in [4.78, 5) is 27.1. The summed E-state index contributed by atoms with van der Waals surface area (Å²) in [7, 11) is 0. The van der Waals surface area contributed by atoms with Crippen LogP contribution in [0.1, 0.15) is 25.3 Å². The molecule has 2 N–H and O–H groups in total. The molecule has 1 fully saturated rings. The van der Waals surface area contributed by atoms with E-state index in [1.807, 2.05) is 6.07 Å². The minimum atomic E-state index is -0.816. The Hall–Kier alpha value is -2.24. The predicted octanol–water partition coefficient (Wildman–Crippen LogP) is 2.33. The zero-order valence-electron chi connectivity index (χ0n) is 14.5. The van der Waals surface area contributed by atoms with E-state index in [2.05, 4.69) is 42.3 Å². The van der Waals surface area contributed by atoms with Gasteiger partial charge in [0.05, 0.1) is 5.92 Å². The minimum Gasteiger partial charge on any atom is -0.481 e. The van der Waals surface area contributed by atoms with Gasteiger partial charge >= 0.3 is 12.0 Å². The highest BCUT2D eigenvalue weighted by Crippen LogP contribution is 2.17. The van der Waals surface area contributed by atoms with Gasteiger partial charge in [0.1, 0.15) is 0 Å². The second-order valence-electron chi connectivity index (χ2n) is 6.27. The Morgan fingerprint density at radius 2 is 2.21 bits per heavy atom. The number of amides is 2. The summed E-state index contributed by atoms with van der Waals surface area (Å²) in [6.45, 7) is 7.21. The fourth-order valence-corrected chi connectivity index (χ4v) is 3.07. The smallest absolute Gasteiger partial charge is 0.317 e. The SMILES string of the molecule is CCN(CCNC(=O)N1CCCC(C(=O)O)C1)c1cccc(C)c1. The number of rotatable bonds is 6. The monoisotopic (exact) mass is 333 g/mol. The van der Waals surface area contributed by atoms with E-state index in [-0.39, 0.29) is 6.03 Å². The molecule has 2 rings (SSSR count). The number of nitrogens with zero attached hydrogens (tertiary/aromatic N) is 2. The van der Waals surface area contributed by atoms with Crippen LogP contribution in [0.2, 0.25) is 0 Å². The van der Waals surface area contributed by atoms with Gasteiger partial charge in [-0.1, -0.05) is 12.1 Å². The fraction of sp³-hybridized carbons (Fsp3) is 0.556. The molecule has 1 aromatic carbocycles. The lowest BCUT2D eigenvalue weighted by Gasteiger charge is -2.31. The fourth-order valence-electron chi connectivity index (χ4n) is 3.07. The molecule has 1 aromatic rings. The molecule has 1 aliphatic heterocycles. The van der Waals surface area contributed by atoms with Crippen molar-refractivity contribution in [2.24, 2.45) is 5.92 Å². The van der Waals surface area contributed by atoms with Crippen LogP contribution in [0.5, 0.6) is 0 Å². The van der Waals surface area contributed by atoms with Gasteiger partial charge in [-0.3, -0.25) is 4.79 Å². The number of likely N-dealkylation sites (N-methyl/N-ethyl adjacent to an activating group) is 1. The maximum absolute atomic E-state index is 12.2. The first-order chi connectivity index (χ1) is 11.5. The lowest BCUT2D eigenvalue weighted by molar-refractivity contribution is -0.143. The molecule has 1 atom stereocenters. The molecule has 0 radical (unpaired) electrons. The molecule has 1 aliphatic rings. The van der Waals surface area contributed by atoms with Gasteiger partial charge in [-0.2, -0.15) is 0 Å². The molecule has 0 aromatic heterocycles. The van der Waals surface area contributed by atoms with Crippen LogP contribution >= 0.6 is 0 Å². The van der Waals surface area contributed by atoms with Gasteiger partial charge in [-0.05, 0) is 44.4 Å². The molecular formula is C18H27N3O3. The number of nitrogens with one attached hydrogen (secondary N) is 1. The highest BCUT2D eigenvalue weighted by molar-refractivity contribution is 5.76. The molecular weight excluding hydrogens is 306 g/mol. The number of aliphatic carboxylic acids is 1. The molecule has 6 heteroatoms. The molecule has 0 spiro atoms. The van der Waals surface area contributed by atoms with Gasteiger partial charge in [0.25, 0.3) is 0 Å². The summed E-state index contributed by atoms with van der Waals surface area (Å²) in [6, 6.07) is 8.13. The molecule has 132 valence electrons. The normalized spacial score (nSPS) is 17.4. The van der Waals surface area contributed by atoms with Gasteiger partial charge in [-0.15, -0.1) is 0 Å². The zero-order chi connectivity index (χ0) is 17.5. The lowest BCUT2D eigenvalue weighted by Crippen LogP contribution is -2.48. The number of carbonyl (C=O) groups is 2. The zero-order valence-corrected chi connectivity index (χ0v) is 14.5. The number of carboxylic acids is 1. The first-order valence-corrected chi connectivity index (χ1v) is 8.58. The third-order valence-corrected chi connectivity index (χ3v) is 4.46. The number of hydrogen-bond donors (Lipinski definition) is 2. The Morgan fingerprint density at radius 1 is 1.42 bits per heavy atom. The summed E-state index contributed by atoms with van der Waals surface area (Å²) >= 11 is 0. The Kier molecular flexibility index (Phi) is 6.46. The first-order valence-electron chi connectivity index (χ1n) is 8.58. The van der Waals surface area contributed by atoms with E-state index < -0.39 is 11.9 Å². The molecule has 1 saturated heterocycles. The molecule has 0 aliphatic carbocycles.